The number of hydrogen-bond acceptors (Lipinski definition) is 2. The SMILES string of the molecule is Cc1ccccc1CC(=O)NNC(=O)c1ccccc1C. The number of benzene rings is 2. The zero-order valence-corrected chi connectivity index (χ0v) is 12.1. The Bertz CT molecular complexity index is 665. The Morgan fingerprint density at radius 3 is 2.14 bits per heavy atom. The first kappa shape index (κ1) is 14.8. The highest BCUT2D eigenvalue weighted by molar-refractivity contribution is 5.96. The third-order valence-electron chi connectivity index (χ3n) is 3.32. The van der Waals surface area contributed by atoms with Gasteiger partial charge in [-0.3, -0.25) is 20.4 Å². The zero-order valence-electron chi connectivity index (χ0n) is 12.1. The molecule has 0 saturated carbocycles. The molecule has 2 aromatic carbocycles. The van der Waals surface area contributed by atoms with Gasteiger partial charge >= 0.3 is 0 Å². The number of rotatable bonds is 3. The van der Waals surface area contributed by atoms with Crippen LogP contribution in [0.15, 0.2) is 48.5 Å². The maximum Gasteiger partial charge on any atom is 0.269 e. The lowest BCUT2D eigenvalue weighted by Gasteiger charge is -2.10. The van der Waals surface area contributed by atoms with Crippen LogP contribution in [0.3, 0.4) is 0 Å². The Kier molecular flexibility index (Phi) is 4.72. The van der Waals surface area contributed by atoms with E-state index < -0.39 is 0 Å². The molecule has 0 bridgehead atoms. The van der Waals surface area contributed by atoms with Gasteiger partial charge in [-0.1, -0.05) is 42.5 Å². The smallest absolute Gasteiger partial charge is 0.269 e. The van der Waals surface area contributed by atoms with E-state index in [1.165, 1.54) is 0 Å². The maximum atomic E-state index is 12.0. The number of hydrazine groups is 1. The molecule has 0 atom stereocenters. The first-order valence-electron chi connectivity index (χ1n) is 6.77. The molecule has 0 aliphatic rings. The summed E-state index contributed by atoms with van der Waals surface area (Å²) in [4.78, 5) is 23.8. The molecule has 0 aromatic heterocycles. The van der Waals surface area contributed by atoms with Crippen LogP contribution < -0.4 is 10.9 Å². The van der Waals surface area contributed by atoms with Gasteiger partial charge in [-0.25, -0.2) is 0 Å². The minimum Gasteiger partial charge on any atom is -0.273 e. The van der Waals surface area contributed by atoms with E-state index in [0.29, 0.717) is 5.56 Å². The van der Waals surface area contributed by atoms with Crippen molar-refractivity contribution in [1.29, 1.82) is 0 Å². The molecule has 0 spiro atoms. The van der Waals surface area contributed by atoms with Crippen molar-refractivity contribution in [3.8, 4) is 0 Å². The molecule has 2 rings (SSSR count). The van der Waals surface area contributed by atoms with Crippen LogP contribution in [0, 0.1) is 13.8 Å². The van der Waals surface area contributed by atoms with Gasteiger partial charge in [0.1, 0.15) is 0 Å². The quantitative estimate of drug-likeness (QED) is 0.849. The molecule has 0 aliphatic carbocycles. The normalized spacial score (nSPS) is 10.0. The predicted molar refractivity (Wildman–Crippen MR) is 81.7 cm³/mol. The number of amides is 2. The van der Waals surface area contributed by atoms with Crippen LogP contribution in [-0.2, 0) is 11.2 Å². The fourth-order valence-electron chi connectivity index (χ4n) is 2.05. The van der Waals surface area contributed by atoms with Crippen LogP contribution >= 0.6 is 0 Å². The topological polar surface area (TPSA) is 58.2 Å². The Morgan fingerprint density at radius 2 is 1.48 bits per heavy atom. The van der Waals surface area contributed by atoms with Crippen LogP contribution in [-0.4, -0.2) is 11.8 Å². The second-order valence-corrected chi connectivity index (χ2v) is 4.92. The van der Waals surface area contributed by atoms with Crippen LogP contribution in [0.5, 0.6) is 0 Å². The van der Waals surface area contributed by atoms with Crippen molar-refractivity contribution in [3.05, 3.63) is 70.8 Å². The van der Waals surface area contributed by atoms with Gasteiger partial charge in [0.25, 0.3) is 5.91 Å². The highest BCUT2D eigenvalue weighted by atomic mass is 16.2. The number of hydrogen-bond donors (Lipinski definition) is 2. The van der Waals surface area contributed by atoms with Crippen LogP contribution in [0.4, 0.5) is 0 Å². The van der Waals surface area contributed by atoms with E-state index in [1.54, 1.807) is 12.1 Å². The minimum absolute atomic E-state index is 0.237. The van der Waals surface area contributed by atoms with Crippen molar-refractivity contribution in [3.63, 3.8) is 0 Å². The molecule has 0 heterocycles. The van der Waals surface area contributed by atoms with E-state index in [-0.39, 0.29) is 18.2 Å². The Balaban J connectivity index is 1.91. The molecule has 2 aromatic rings. The van der Waals surface area contributed by atoms with E-state index >= 15 is 0 Å². The van der Waals surface area contributed by atoms with Crippen LogP contribution in [0.1, 0.15) is 27.0 Å². The molecule has 0 unspecified atom stereocenters. The Morgan fingerprint density at radius 1 is 0.857 bits per heavy atom. The number of carbonyl (C=O) groups is 2. The minimum atomic E-state index is -0.314. The molecule has 21 heavy (non-hydrogen) atoms. The zero-order chi connectivity index (χ0) is 15.2. The lowest BCUT2D eigenvalue weighted by Crippen LogP contribution is -2.42. The van der Waals surface area contributed by atoms with Gasteiger partial charge in [0.15, 0.2) is 0 Å². The summed E-state index contributed by atoms with van der Waals surface area (Å²) in [7, 11) is 0. The van der Waals surface area contributed by atoms with Crippen molar-refractivity contribution < 1.29 is 9.59 Å². The van der Waals surface area contributed by atoms with Crippen molar-refractivity contribution in [2.24, 2.45) is 0 Å². The first-order valence-corrected chi connectivity index (χ1v) is 6.77. The second-order valence-electron chi connectivity index (χ2n) is 4.92. The van der Waals surface area contributed by atoms with Gasteiger partial charge in [-0.15, -0.1) is 0 Å². The molecule has 2 amide bonds. The van der Waals surface area contributed by atoms with Crippen molar-refractivity contribution in [1.82, 2.24) is 10.9 Å². The highest BCUT2D eigenvalue weighted by Crippen LogP contribution is 2.08. The van der Waals surface area contributed by atoms with E-state index in [2.05, 4.69) is 10.9 Å². The predicted octanol–water partition coefficient (Wildman–Crippen LogP) is 2.31. The summed E-state index contributed by atoms with van der Waals surface area (Å²) in [5, 5.41) is 0. The third-order valence-corrected chi connectivity index (χ3v) is 3.32. The monoisotopic (exact) mass is 282 g/mol. The molecule has 4 nitrogen and oxygen atoms in total. The summed E-state index contributed by atoms with van der Waals surface area (Å²) in [5.74, 6) is -0.558. The lowest BCUT2D eigenvalue weighted by atomic mass is 10.1. The molecule has 0 radical (unpaired) electrons. The van der Waals surface area contributed by atoms with Crippen molar-refractivity contribution >= 4 is 11.8 Å². The average Bonchev–Trinajstić information content (AvgIpc) is 2.48. The summed E-state index contributed by atoms with van der Waals surface area (Å²) in [5.41, 5.74) is 8.30. The summed E-state index contributed by atoms with van der Waals surface area (Å²) in [6.07, 6.45) is 0.237. The summed E-state index contributed by atoms with van der Waals surface area (Å²) >= 11 is 0. The molecule has 0 saturated heterocycles. The van der Waals surface area contributed by atoms with E-state index in [0.717, 1.165) is 16.7 Å². The number of carbonyl (C=O) groups excluding carboxylic acids is 2. The molecular weight excluding hydrogens is 264 g/mol. The molecule has 108 valence electrons. The van der Waals surface area contributed by atoms with Crippen LogP contribution in [0.2, 0.25) is 0 Å². The lowest BCUT2D eigenvalue weighted by molar-refractivity contribution is -0.121. The number of aryl methyl sites for hydroxylation is 2. The van der Waals surface area contributed by atoms with E-state index in [1.807, 2.05) is 50.2 Å². The van der Waals surface area contributed by atoms with Crippen LogP contribution in [0.25, 0.3) is 0 Å². The highest BCUT2D eigenvalue weighted by Gasteiger charge is 2.10. The second kappa shape index (κ2) is 6.70. The van der Waals surface area contributed by atoms with Crippen molar-refractivity contribution in [2.45, 2.75) is 20.3 Å². The third kappa shape index (κ3) is 3.92. The Labute approximate surface area is 124 Å². The van der Waals surface area contributed by atoms with Gasteiger partial charge in [0.05, 0.1) is 6.42 Å². The van der Waals surface area contributed by atoms with Gasteiger partial charge < -0.3 is 0 Å². The Hall–Kier alpha value is -2.62. The summed E-state index contributed by atoms with van der Waals surface area (Å²) in [6, 6.07) is 14.9. The summed E-state index contributed by atoms with van der Waals surface area (Å²) < 4.78 is 0. The van der Waals surface area contributed by atoms with Gasteiger partial charge in [-0.2, -0.15) is 0 Å². The largest absolute Gasteiger partial charge is 0.273 e. The molecule has 0 aliphatic heterocycles. The van der Waals surface area contributed by atoms with Gasteiger partial charge in [-0.05, 0) is 36.6 Å². The van der Waals surface area contributed by atoms with E-state index in [4.69, 9.17) is 0 Å². The molecule has 0 fully saturated rings. The van der Waals surface area contributed by atoms with E-state index in [9.17, 15) is 9.59 Å². The average molecular weight is 282 g/mol. The first-order chi connectivity index (χ1) is 10.1. The molecule has 4 heteroatoms. The summed E-state index contributed by atoms with van der Waals surface area (Å²) in [6.45, 7) is 3.80. The standard InChI is InChI=1S/C17H18N2O2/c1-12-7-3-5-9-14(12)11-16(20)18-19-17(21)15-10-6-4-8-13(15)2/h3-10H,11H2,1-2H3,(H,18,20)(H,19,21). The van der Waals surface area contributed by atoms with Crippen molar-refractivity contribution in [2.75, 3.05) is 0 Å². The maximum absolute atomic E-state index is 12.0. The fraction of sp³-hybridized carbons (Fsp3) is 0.176. The molecule has 2 N–H and O–H groups in total. The van der Waals surface area contributed by atoms with Gasteiger partial charge in [0, 0.05) is 5.56 Å². The fourth-order valence-corrected chi connectivity index (χ4v) is 2.05. The van der Waals surface area contributed by atoms with Gasteiger partial charge in [0.2, 0.25) is 5.91 Å². The number of nitrogens with one attached hydrogen (secondary N) is 2. The molecular formula is C17H18N2O2.